The Morgan fingerprint density at radius 1 is 1.67 bits per heavy atom. The lowest BCUT2D eigenvalue weighted by Gasteiger charge is -2.27. The second kappa shape index (κ2) is 3.81. The second-order valence-corrected chi connectivity index (χ2v) is 3.55. The molecule has 0 fully saturated rings. The summed E-state index contributed by atoms with van der Waals surface area (Å²) in [7, 11) is 0. The van der Waals surface area contributed by atoms with Crippen LogP contribution in [0.4, 0.5) is 5.69 Å². The Bertz CT molecular complexity index is 389. The van der Waals surface area contributed by atoms with E-state index < -0.39 is 5.97 Å². The third-order valence-corrected chi connectivity index (χ3v) is 2.53. The molecule has 15 heavy (non-hydrogen) atoms. The van der Waals surface area contributed by atoms with Gasteiger partial charge in [0.1, 0.15) is 12.2 Å². The molecule has 0 radical (unpaired) electrons. The van der Waals surface area contributed by atoms with E-state index >= 15 is 0 Å². The van der Waals surface area contributed by atoms with Crippen molar-refractivity contribution in [2.24, 2.45) is 0 Å². The number of carboxylic acids is 1. The van der Waals surface area contributed by atoms with Crippen LogP contribution in [0.5, 0.6) is 5.75 Å². The Hall–Kier alpha value is -1.71. The molecule has 4 heteroatoms. The van der Waals surface area contributed by atoms with Crippen LogP contribution in [0, 0.1) is 0 Å². The van der Waals surface area contributed by atoms with Gasteiger partial charge in [-0.2, -0.15) is 0 Å². The molecule has 1 aliphatic rings. The minimum atomic E-state index is -0.955. The predicted molar refractivity (Wildman–Crippen MR) is 56.6 cm³/mol. The summed E-state index contributed by atoms with van der Waals surface area (Å²) < 4.78 is 5.48. The number of nitrogens with one attached hydrogen (secondary N) is 1. The van der Waals surface area contributed by atoms with E-state index in [1.807, 2.05) is 6.07 Å². The summed E-state index contributed by atoms with van der Waals surface area (Å²) in [5.41, 5.74) is 0.988. The molecule has 0 spiro atoms. The number of hydrogen-bond donors (Lipinski definition) is 2. The van der Waals surface area contributed by atoms with Gasteiger partial charge in [-0.05, 0) is 18.6 Å². The average molecular weight is 207 g/mol. The fourth-order valence-electron chi connectivity index (χ4n) is 1.64. The van der Waals surface area contributed by atoms with E-state index in [4.69, 9.17) is 9.84 Å². The van der Waals surface area contributed by atoms with Gasteiger partial charge in [-0.3, -0.25) is 0 Å². The predicted octanol–water partition coefficient (Wildman–Crippen LogP) is 1.97. The molecule has 80 valence electrons. The van der Waals surface area contributed by atoms with Gasteiger partial charge in [-0.15, -0.1) is 0 Å². The molecule has 0 aromatic heterocycles. The van der Waals surface area contributed by atoms with Crippen LogP contribution in [0.25, 0.3) is 0 Å². The highest BCUT2D eigenvalue weighted by Gasteiger charge is 2.22. The van der Waals surface area contributed by atoms with Crippen molar-refractivity contribution in [3.63, 3.8) is 0 Å². The SMILES string of the molecule is CCC1COc2c(cccc2C(=O)O)N1. The van der Waals surface area contributed by atoms with Crippen LogP contribution < -0.4 is 10.1 Å². The minimum Gasteiger partial charge on any atom is -0.488 e. The van der Waals surface area contributed by atoms with Crippen LogP contribution in [0.15, 0.2) is 18.2 Å². The van der Waals surface area contributed by atoms with Gasteiger partial charge >= 0.3 is 5.97 Å². The maximum absolute atomic E-state index is 10.9. The molecule has 0 saturated heterocycles. The van der Waals surface area contributed by atoms with Gasteiger partial charge in [0.25, 0.3) is 0 Å². The summed E-state index contributed by atoms with van der Waals surface area (Å²) in [6.45, 7) is 2.58. The minimum absolute atomic E-state index is 0.217. The molecule has 4 nitrogen and oxygen atoms in total. The Morgan fingerprint density at radius 2 is 2.47 bits per heavy atom. The highest BCUT2D eigenvalue weighted by Crippen LogP contribution is 2.32. The lowest BCUT2D eigenvalue weighted by atomic mass is 10.1. The number of anilines is 1. The first-order valence-electron chi connectivity index (χ1n) is 4.98. The zero-order valence-electron chi connectivity index (χ0n) is 8.49. The molecule has 1 unspecified atom stereocenters. The topological polar surface area (TPSA) is 58.6 Å². The fourth-order valence-corrected chi connectivity index (χ4v) is 1.64. The van der Waals surface area contributed by atoms with E-state index in [1.54, 1.807) is 12.1 Å². The second-order valence-electron chi connectivity index (χ2n) is 3.55. The summed E-state index contributed by atoms with van der Waals surface area (Å²) in [6, 6.07) is 5.37. The van der Waals surface area contributed by atoms with Crippen molar-refractivity contribution in [3.05, 3.63) is 23.8 Å². The molecule has 0 bridgehead atoms. The molecular weight excluding hydrogens is 194 g/mol. The summed E-state index contributed by atoms with van der Waals surface area (Å²) in [5, 5.41) is 12.2. The number of fused-ring (bicyclic) bond motifs is 1. The van der Waals surface area contributed by atoms with Crippen LogP contribution in [0.1, 0.15) is 23.7 Å². The average Bonchev–Trinajstić information content (AvgIpc) is 2.27. The zero-order chi connectivity index (χ0) is 10.8. The molecular formula is C11H13NO3. The van der Waals surface area contributed by atoms with E-state index in [2.05, 4.69) is 12.2 Å². The molecule has 1 aromatic carbocycles. The van der Waals surface area contributed by atoms with Gasteiger partial charge in [-0.25, -0.2) is 4.79 Å². The van der Waals surface area contributed by atoms with Gasteiger partial charge in [0.15, 0.2) is 5.75 Å². The van der Waals surface area contributed by atoms with Crippen molar-refractivity contribution in [3.8, 4) is 5.75 Å². The largest absolute Gasteiger partial charge is 0.488 e. The Kier molecular flexibility index (Phi) is 2.49. The molecule has 0 saturated carbocycles. The first kappa shape index (κ1) is 9.83. The fraction of sp³-hybridized carbons (Fsp3) is 0.364. The summed E-state index contributed by atoms with van der Waals surface area (Å²) in [4.78, 5) is 10.9. The van der Waals surface area contributed by atoms with Gasteiger partial charge in [0, 0.05) is 0 Å². The highest BCUT2D eigenvalue weighted by atomic mass is 16.5. The molecule has 1 aliphatic heterocycles. The van der Waals surface area contributed by atoms with E-state index in [1.165, 1.54) is 0 Å². The van der Waals surface area contributed by atoms with Crippen molar-refractivity contribution in [1.29, 1.82) is 0 Å². The number of aromatic carboxylic acids is 1. The van der Waals surface area contributed by atoms with Gasteiger partial charge in [0.05, 0.1) is 11.7 Å². The Morgan fingerprint density at radius 3 is 3.13 bits per heavy atom. The van der Waals surface area contributed by atoms with Crippen LogP contribution in [0.3, 0.4) is 0 Å². The summed E-state index contributed by atoms with van der Waals surface area (Å²) in [6.07, 6.45) is 0.955. The lowest BCUT2D eigenvalue weighted by Crippen LogP contribution is -2.31. The number of benzene rings is 1. The maximum Gasteiger partial charge on any atom is 0.339 e. The number of para-hydroxylation sites is 1. The molecule has 0 amide bonds. The number of carboxylic acid groups (broad SMARTS) is 1. The van der Waals surface area contributed by atoms with Gasteiger partial charge in [0.2, 0.25) is 0 Å². The molecule has 0 aliphatic carbocycles. The monoisotopic (exact) mass is 207 g/mol. The summed E-state index contributed by atoms with van der Waals surface area (Å²) >= 11 is 0. The first-order valence-corrected chi connectivity index (χ1v) is 4.98. The normalized spacial score (nSPS) is 18.6. The third kappa shape index (κ3) is 1.75. The molecule has 1 heterocycles. The Balaban J connectivity index is 2.37. The van der Waals surface area contributed by atoms with E-state index in [0.29, 0.717) is 12.4 Å². The van der Waals surface area contributed by atoms with Crippen LogP contribution in [-0.4, -0.2) is 23.7 Å². The van der Waals surface area contributed by atoms with E-state index in [0.717, 1.165) is 12.1 Å². The molecule has 2 rings (SSSR count). The van der Waals surface area contributed by atoms with Crippen molar-refractivity contribution in [2.45, 2.75) is 19.4 Å². The molecule has 2 N–H and O–H groups in total. The first-order chi connectivity index (χ1) is 7.22. The molecule has 1 aromatic rings. The third-order valence-electron chi connectivity index (χ3n) is 2.53. The smallest absolute Gasteiger partial charge is 0.339 e. The quantitative estimate of drug-likeness (QED) is 0.778. The number of hydrogen-bond acceptors (Lipinski definition) is 3. The van der Waals surface area contributed by atoms with E-state index in [9.17, 15) is 4.79 Å². The van der Waals surface area contributed by atoms with Crippen molar-refractivity contribution in [2.75, 3.05) is 11.9 Å². The van der Waals surface area contributed by atoms with Crippen molar-refractivity contribution >= 4 is 11.7 Å². The molecule has 1 atom stereocenters. The Labute approximate surface area is 87.9 Å². The van der Waals surface area contributed by atoms with Crippen molar-refractivity contribution in [1.82, 2.24) is 0 Å². The number of ether oxygens (including phenoxy) is 1. The van der Waals surface area contributed by atoms with Crippen LogP contribution in [-0.2, 0) is 0 Å². The van der Waals surface area contributed by atoms with E-state index in [-0.39, 0.29) is 11.6 Å². The van der Waals surface area contributed by atoms with Crippen LogP contribution >= 0.6 is 0 Å². The zero-order valence-corrected chi connectivity index (χ0v) is 8.49. The van der Waals surface area contributed by atoms with Gasteiger partial charge in [-0.1, -0.05) is 13.0 Å². The van der Waals surface area contributed by atoms with Crippen molar-refractivity contribution < 1.29 is 14.6 Å². The van der Waals surface area contributed by atoms with Gasteiger partial charge < -0.3 is 15.2 Å². The number of carbonyl (C=O) groups is 1. The van der Waals surface area contributed by atoms with Crippen LogP contribution in [0.2, 0.25) is 0 Å². The lowest BCUT2D eigenvalue weighted by molar-refractivity contribution is 0.0691. The summed E-state index contributed by atoms with van der Waals surface area (Å²) in [5.74, 6) is -0.502. The highest BCUT2D eigenvalue weighted by molar-refractivity contribution is 5.93. The maximum atomic E-state index is 10.9. The number of rotatable bonds is 2. The standard InChI is InChI=1S/C11H13NO3/c1-2-7-6-15-10-8(11(13)14)4-3-5-9(10)12-7/h3-5,7,12H,2,6H2,1H3,(H,13,14).